The zero-order valence-electron chi connectivity index (χ0n) is 33.5. The second kappa shape index (κ2) is 14.7. The van der Waals surface area contributed by atoms with Gasteiger partial charge in [-0.25, -0.2) is 19.6 Å². The average molecular weight is 793 g/mol. The lowest BCUT2D eigenvalue weighted by atomic mass is 9.93. The molecule has 9 aromatic carbocycles. The molecule has 12 rings (SSSR count). The van der Waals surface area contributed by atoms with Crippen LogP contribution in [0.1, 0.15) is 0 Å². The third kappa shape index (κ3) is 5.96. The molecular weight excluding hydrogens is 757 g/mol. The van der Waals surface area contributed by atoms with Crippen molar-refractivity contribution in [3.8, 4) is 67.9 Å². The normalized spacial score (nSPS) is 11.5. The summed E-state index contributed by atoms with van der Waals surface area (Å²) in [6.07, 6.45) is 0. The Morgan fingerprint density at radius 1 is 0.339 bits per heavy atom. The van der Waals surface area contributed by atoms with E-state index in [9.17, 15) is 0 Å². The molecule has 0 radical (unpaired) electrons. The van der Waals surface area contributed by atoms with Crippen LogP contribution in [0.15, 0.2) is 218 Å². The molecule has 0 saturated heterocycles. The molecule has 0 atom stereocenters. The van der Waals surface area contributed by atoms with Gasteiger partial charge in [0.1, 0.15) is 5.69 Å². The summed E-state index contributed by atoms with van der Waals surface area (Å²) in [5.74, 6) is 1.82. The van der Waals surface area contributed by atoms with Gasteiger partial charge < -0.3 is 4.57 Å². The topological polar surface area (TPSA) is 61.4 Å². The van der Waals surface area contributed by atoms with Crippen molar-refractivity contribution in [1.29, 1.82) is 0 Å². The first-order valence-electron chi connectivity index (χ1n) is 20.8. The Morgan fingerprint density at radius 3 is 1.48 bits per heavy atom. The molecule has 62 heavy (non-hydrogen) atoms. The van der Waals surface area contributed by atoms with Crippen LogP contribution in [0.25, 0.3) is 111 Å². The van der Waals surface area contributed by atoms with Crippen molar-refractivity contribution in [3.63, 3.8) is 0 Å². The maximum absolute atomic E-state index is 5.38. The minimum Gasteiger partial charge on any atom is -0.309 e. The number of hydrogen-bond donors (Lipinski definition) is 0. The Balaban J connectivity index is 1.08. The maximum atomic E-state index is 5.38. The number of para-hydroxylation sites is 3. The molecule has 0 aliphatic heterocycles. The van der Waals surface area contributed by atoms with Gasteiger partial charge in [-0.1, -0.05) is 170 Å². The number of benzene rings is 9. The van der Waals surface area contributed by atoms with Crippen LogP contribution in [0.5, 0.6) is 0 Å². The fourth-order valence-corrected chi connectivity index (χ4v) is 8.92. The molecule has 12 aromatic rings. The molecule has 0 aliphatic carbocycles. The van der Waals surface area contributed by atoms with Crippen molar-refractivity contribution < 1.29 is 0 Å². The first-order chi connectivity index (χ1) is 30.7. The summed E-state index contributed by atoms with van der Waals surface area (Å²) in [7, 11) is 0. The van der Waals surface area contributed by atoms with Crippen LogP contribution in [0, 0.1) is 0 Å². The number of hydrogen-bond acceptors (Lipinski definition) is 4. The summed E-state index contributed by atoms with van der Waals surface area (Å²) in [4.78, 5) is 15.6. The summed E-state index contributed by atoms with van der Waals surface area (Å²) in [5, 5.41) is 11.1. The Bertz CT molecular complexity index is 3560. The van der Waals surface area contributed by atoms with Gasteiger partial charge in [0.05, 0.1) is 22.2 Å². The molecular formula is C56H36N6. The van der Waals surface area contributed by atoms with Gasteiger partial charge in [-0.2, -0.15) is 5.10 Å². The molecule has 3 heterocycles. The lowest BCUT2D eigenvalue weighted by Crippen LogP contribution is -2.01. The van der Waals surface area contributed by atoms with Gasteiger partial charge in [-0.05, 0) is 65.0 Å². The lowest BCUT2D eigenvalue weighted by molar-refractivity contribution is 0.918. The number of nitrogens with zero attached hydrogens (tertiary/aromatic N) is 6. The van der Waals surface area contributed by atoms with Crippen molar-refractivity contribution >= 4 is 43.5 Å². The molecule has 6 nitrogen and oxygen atoms in total. The van der Waals surface area contributed by atoms with E-state index in [0.29, 0.717) is 17.5 Å². The molecule has 0 spiro atoms. The molecule has 290 valence electrons. The molecule has 0 fully saturated rings. The first kappa shape index (κ1) is 35.5. The van der Waals surface area contributed by atoms with Crippen molar-refractivity contribution in [2.75, 3.05) is 0 Å². The van der Waals surface area contributed by atoms with Gasteiger partial charge in [0.2, 0.25) is 0 Å². The van der Waals surface area contributed by atoms with Crippen molar-refractivity contribution in [2.24, 2.45) is 0 Å². The standard InChI is InChI=1S/C56H36N6/c1-5-18-37(19-6-1)48-36-42-34-41(32-33-45(42)53-51(48)52(38-20-7-2-8-21-38)60-62(53)43-25-11-4-12-26-43)56-58-54(39-22-9-3-10-23-39)57-55(59-56)40-24-17-27-44(35-40)61-49-30-15-13-28-46(49)47-29-14-16-31-50(47)61/h1-36H. The van der Waals surface area contributed by atoms with Crippen LogP contribution in [0.2, 0.25) is 0 Å². The van der Waals surface area contributed by atoms with Crippen molar-refractivity contribution in [1.82, 2.24) is 29.3 Å². The summed E-state index contributed by atoms with van der Waals surface area (Å²) in [6, 6.07) is 76.2. The van der Waals surface area contributed by atoms with Gasteiger partial charge >= 0.3 is 0 Å². The number of aromatic nitrogens is 6. The Kier molecular flexibility index (Phi) is 8.38. The predicted molar refractivity (Wildman–Crippen MR) is 253 cm³/mol. The molecule has 0 saturated carbocycles. The van der Waals surface area contributed by atoms with Crippen molar-refractivity contribution in [3.05, 3.63) is 218 Å². The zero-order valence-corrected chi connectivity index (χ0v) is 33.5. The van der Waals surface area contributed by atoms with E-state index in [4.69, 9.17) is 20.1 Å². The highest BCUT2D eigenvalue weighted by atomic mass is 15.3. The number of fused-ring (bicyclic) bond motifs is 6. The van der Waals surface area contributed by atoms with Crippen LogP contribution in [-0.4, -0.2) is 29.3 Å². The first-order valence-corrected chi connectivity index (χ1v) is 20.8. The second-order valence-corrected chi connectivity index (χ2v) is 15.5. The summed E-state index contributed by atoms with van der Waals surface area (Å²) in [6.45, 7) is 0. The SMILES string of the molecule is c1ccc(-c2nc(-c3cccc(-n4c5ccccc5c5ccccc54)c3)nc(-c3ccc4c(c3)cc(-c3ccccc3)c3c(-c5ccccc5)nn(-c5ccccc5)c34)n2)cc1. The predicted octanol–water partition coefficient (Wildman–Crippen LogP) is 13.8. The van der Waals surface area contributed by atoms with Gasteiger partial charge in [0.15, 0.2) is 17.5 Å². The van der Waals surface area contributed by atoms with E-state index < -0.39 is 0 Å². The highest BCUT2D eigenvalue weighted by Gasteiger charge is 2.22. The van der Waals surface area contributed by atoms with Crippen LogP contribution in [0.3, 0.4) is 0 Å². The monoisotopic (exact) mass is 792 g/mol. The van der Waals surface area contributed by atoms with Crippen LogP contribution < -0.4 is 0 Å². The third-order valence-electron chi connectivity index (χ3n) is 11.8. The minimum absolute atomic E-state index is 0.598. The Labute approximate surface area is 357 Å². The van der Waals surface area contributed by atoms with Gasteiger partial charge in [0, 0.05) is 49.5 Å². The van der Waals surface area contributed by atoms with E-state index >= 15 is 0 Å². The third-order valence-corrected chi connectivity index (χ3v) is 11.8. The second-order valence-electron chi connectivity index (χ2n) is 15.5. The molecule has 6 heteroatoms. The van der Waals surface area contributed by atoms with E-state index in [1.165, 1.54) is 10.8 Å². The molecule has 0 amide bonds. The van der Waals surface area contributed by atoms with E-state index in [1.807, 2.05) is 30.3 Å². The molecule has 0 aliphatic rings. The Morgan fingerprint density at radius 2 is 0.839 bits per heavy atom. The summed E-state index contributed by atoms with van der Waals surface area (Å²) >= 11 is 0. The van der Waals surface area contributed by atoms with E-state index in [0.717, 1.165) is 83.2 Å². The fraction of sp³-hybridized carbons (Fsp3) is 0. The zero-order chi connectivity index (χ0) is 41.0. The van der Waals surface area contributed by atoms with E-state index in [1.54, 1.807) is 0 Å². The fourth-order valence-electron chi connectivity index (χ4n) is 8.92. The number of rotatable bonds is 7. The average Bonchev–Trinajstić information content (AvgIpc) is 3.92. The smallest absolute Gasteiger partial charge is 0.164 e. The lowest BCUT2D eigenvalue weighted by Gasteiger charge is -2.13. The summed E-state index contributed by atoms with van der Waals surface area (Å²) < 4.78 is 4.43. The minimum atomic E-state index is 0.598. The van der Waals surface area contributed by atoms with Crippen molar-refractivity contribution in [2.45, 2.75) is 0 Å². The molecule has 3 aromatic heterocycles. The van der Waals surface area contributed by atoms with Gasteiger partial charge in [-0.3, -0.25) is 0 Å². The Hall–Kier alpha value is -8.48. The van der Waals surface area contributed by atoms with Crippen LogP contribution in [-0.2, 0) is 0 Å². The van der Waals surface area contributed by atoms with Crippen LogP contribution >= 0.6 is 0 Å². The molecule has 0 bridgehead atoms. The van der Waals surface area contributed by atoms with E-state index in [2.05, 4.69) is 197 Å². The highest BCUT2D eigenvalue weighted by Crippen LogP contribution is 2.43. The summed E-state index contributed by atoms with van der Waals surface area (Å²) in [5.41, 5.74) is 12.3. The highest BCUT2D eigenvalue weighted by molar-refractivity contribution is 6.17. The van der Waals surface area contributed by atoms with Crippen LogP contribution in [0.4, 0.5) is 0 Å². The maximum Gasteiger partial charge on any atom is 0.164 e. The van der Waals surface area contributed by atoms with E-state index in [-0.39, 0.29) is 0 Å². The van der Waals surface area contributed by atoms with Gasteiger partial charge in [0.25, 0.3) is 0 Å². The largest absolute Gasteiger partial charge is 0.309 e. The quantitative estimate of drug-likeness (QED) is 0.161. The van der Waals surface area contributed by atoms with Gasteiger partial charge in [-0.15, -0.1) is 0 Å². The molecule has 0 unspecified atom stereocenters. The molecule has 0 N–H and O–H groups in total.